The van der Waals surface area contributed by atoms with Crippen LogP contribution in [-0.4, -0.2) is 54.6 Å². The molecule has 0 radical (unpaired) electrons. The third kappa shape index (κ3) is 5.19. The zero-order chi connectivity index (χ0) is 18.3. The number of nitrogens with zero attached hydrogens (tertiary/aromatic N) is 1. The SMILES string of the molecule is CCOCC(=O)N1CCC(Nc2ccccc2)(C(=O)NC(C)C)CC1. The number of ether oxygens (including phenoxy) is 1. The Morgan fingerprint density at radius 1 is 1.20 bits per heavy atom. The standard InChI is InChI=1S/C19H29N3O3/c1-4-25-14-17(23)22-12-10-19(11-13-22,18(24)20-15(2)3)21-16-8-6-5-7-9-16/h5-9,15,21H,4,10-14H2,1-3H3,(H,20,24). The number of carbonyl (C=O) groups excluding carboxylic acids is 2. The van der Waals surface area contributed by atoms with E-state index in [1.54, 1.807) is 4.90 Å². The molecule has 0 saturated carbocycles. The van der Waals surface area contributed by atoms with Crippen molar-refractivity contribution < 1.29 is 14.3 Å². The van der Waals surface area contributed by atoms with Crippen LogP contribution in [0.5, 0.6) is 0 Å². The summed E-state index contributed by atoms with van der Waals surface area (Å²) >= 11 is 0. The van der Waals surface area contributed by atoms with Gasteiger partial charge in [0, 0.05) is 31.4 Å². The number of nitrogens with one attached hydrogen (secondary N) is 2. The highest BCUT2D eigenvalue weighted by Gasteiger charge is 2.42. The van der Waals surface area contributed by atoms with Crippen LogP contribution >= 0.6 is 0 Å². The minimum atomic E-state index is -0.700. The zero-order valence-corrected chi connectivity index (χ0v) is 15.4. The predicted molar refractivity (Wildman–Crippen MR) is 98.4 cm³/mol. The number of para-hydroxylation sites is 1. The average molecular weight is 347 g/mol. The second-order valence-electron chi connectivity index (χ2n) is 6.72. The maximum Gasteiger partial charge on any atom is 0.248 e. The van der Waals surface area contributed by atoms with Gasteiger partial charge in [0.1, 0.15) is 12.1 Å². The van der Waals surface area contributed by atoms with Crippen LogP contribution in [0.15, 0.2) is 30.3 Å². The quantitative estimate of drug-likeness (QED) is 0.792. The first-order chi connectivity index (χ1) is 12.0. The van der Waals surface area contributed by atoms with Crippen molar-refractivity contribution in [1.29, 1.82) is 0 Å². The van der Waals surface area contributed by atoms with E-state index in [4.69, 9.17) is 4.74 Å². The van der Waals surface area contributed by atoms with Crippen LogP contribution in [0.4, 0.5) is 5.69 Å². The Balaban J connectivity index is 2.09. The van der Waals surface area contributed by atoms with E-state index in [0.717, 1.165) is 5.69 Å². The molecule has 0 unspecified atom stereocenters. The summed E-state index contributed by atoms with van der Waals surface area (Å²) in [5, 5.41) is 6.44. The lowest BCUT2D eigenvalue weighted by Gasteiger charge is -2.42. The van der Waals surface area contributed by atoms with Gasteiger partial charge in [-0.15, -0.1) is 0 Å². The van der Waals surface area contributed by atoms with Gasteiger partial charge in [0.15, 0.2) is 0 Å². The van der Waals surface area contributed by atoms with Crippen LogP contribution in [-0.2, 0) is 14.3 Å². The van der Waals surface area contributed by atoms with Crippen LogP contribution in [0.25, 0.3) is 0 Å². The molecule has 0 aliphatic carbocycles. The van der Waals surface area contributed by atoms with Crippen LogP contribution < -0.4 is 10.6 Å². The summed E-state index contributed by atoms with van der Waals surface area (Å²) < 4.78 is 5.21. The summed E-state index contributed by atoms with van der Waals surface area (Å²) in [5.41, 5.74) is 0.212. The molecule has 0 aromatic heterocycles. The molecule has 1 heterocycles. The molecule has 1 aromatic rings. The van der Waals surface area contributed by atoms with Crippen molar-refractivity contribution in [2.45, 2.75) is 45.2 Å². The third-order valence-corrected chi connectivity index (χ3v) is 4.41. The van der Waals surface area contributed by atoms with Gasteiger partial charge in [-0.1, -0.05) is 18.2 Å². The Morgan fingerprint density at radius 3 is 2.40 bits per heavy atom. The fraction of sp³-hybridized carbons (Fsp3) is 0.579. The summed E-state index contributed by atoms with van der Waals surface area (Å²) in [7, 11) is 0. The van der Waals surface area contributed by atoms with Gasteiger partial charge in [-0.25, -0.2) is 0 Å². The lowest BCUT2D eigenvalue weighted by molar-refractivity contribution is -0.139. The predicted octanol–water partition coefficient (Wildman–Crippen LogP) is 2.02. The molecule has 2 amide bonds. The third-order valence-electron chi connectivity index (χ3n) is 4.41. The van der Waals surface area contributed by atoms with Crippen molar-refractivity contribution in [2.24, 2.45) is 0 Å². The van der Waals surface area contributed by atoms with E-state index >= 15 is 0 Å². The second-order valence-corrected chi connectivity index (χ2v) is 6.72. The van der Waals surface area contributed by atoms with Crippen molar-refractivity contribution in [3.05, 3.63) is 30.3 Å². The molecule has 1 saturated heterocycles. The van der Waals surface area contributed by atoms with Crippen molar-refractivity contribution in [1.82, 2.24) is 10.2 Å². The number of likely N-dealkylation sites (tertiary alicyclic amines) is 1. The van der Waals surface area contributed by atoms with E-state index in [9.17, 15) is 9.59 Å². The Kier molecular flexibility index (Phi) is 6.82. The van der Waals surface area contributed by atoms with Crippen molar-refractivity contribution in [2.75, 3.05) is 31.6 Å². The molecule has 0 atom stereocenters. The largest absolute Gasteiger partial charge is 0.372 e. The zero-order valence-electron chi connectivity index (χ0n) is 15.4. The summed E-state index contributed by atoms with van der Waals surface area (Å²) in [4.78, 5) is 26.8. The highest BCUT2D eigenvalue weighted by molar-refractivity contribution is 5.90. The molecule has 25 heavy (non-hydrogen) atoms. The molecule has 1 aliphatic rings. The first-order valence-corrected chi connectivity index (χ1v) is 8.96. The molecule has 2 N–H and O–H groups in total. The molecule has 1 aromatic carbocycles. The molecule has 138 valence electrons. The number of amides is 2. The van der Waals surface area contributed by atoms with Gasteiger partial charge < -0.3 is 20.3 Å². The minimum Gasteiger partial charge on any atom is -0.372 e. The van der Waals surface area contributed by atoms with Crippen molar-refractivity contribution >= 4 is 17.5 Å². The highest BCUT2D eigenvalue weighted by atomic mass is 16.5. The Labute approximate surface area is 149 Å². The number of carbonyl (C=O) groups is 2. The summed E-state index contributed by atoms with van der Waals surface area (Å²) in [5.74, 6) is -0.0253. The van der Waals surface area contributed by atoms with Crippen LogP contribution in [0.2, 0.25) is 0 Å². The van der Waals surface area contributed by atoms with Gasteiger partial charge >= 0.3 is 0 Å². The van der Waals surface area contributed by atoms with Crippen LogP contribution in [0.1, 0.15) is 33.6 Å². The number of hydrogen-bond donors (Lipinski definition) is 2. The maximum atomic E-state index is 12.9. The molecular weight excluding hydrogens is 318 g/mol. The van der Waals surface area contributed by atoms with E-state index in [0.29, 0.717) is 32.5 Å². The van der Waals surface area contributed by atoms with E-state index in [1.807, 2.05) is 51.1 Å². The van der Waals surface area contributed by atoms with Gasteiger partial charge in [-0.2, -0.15) is 0 Å². The number of piperidine rings is 1. The Bertz CT molecular complexity index is 567. The number of anilines is 1. The lowest BCUT2D eigenvalue weighted by Crippen LogP contribution is -2.60. The summed E-state index contributed by atoms with van der Waals surface area (Å²) in [6.07, 6.45) is 1.14. The normalized spacial score (nSPS) is 16.6. The van der Waals surface area contributed by atoms with Gasteiger partial charge in [0.05, 0.1) is 0 Å². The van der Waals surface area contributed by atoms with Crippen LogP contribution in [0.3, 0.4) is 0 Å². The van der Waals surface area contributed by atoms with Crippen LogP contribution in [0, 0.1) is 0 Å². The molecule has 6 nitrogen and oxygen atoms in total. The van der Waals surface area contributed by atoms with Crippen molar-refractivity contribution in [3.8, 4) is 0 Å². The van der Waals surface area contributed by atoms with Gasteiger partial charge in [-0.05, 0) is 45.7 Å². The van der Waals surface area contributed by atoms with Crippen molar-refractivity contribution in [3.63, 3.8) is 0 Å². The molecule has 6 heteroatoms. The number of benzene rings is 1. The average Bonchev–Trinajstić information content (AvgIpc) is 2.60. The molecule has 0 bridgehead atoms. The van der Waals surface area contributed by atoms with E-state index in [-0.39, 0.29) is 24.5 Å². The first-order valence-electron chi connectivity index (χ1n) is 8.96. The fourth-order valence-corrected chi connectivity index (χ4v) is 3.03. The highest BCUT2D eigenvalue weighted by Crippen LogP contribution is 2.28. The molecule has 1 fully saturated rings. The Hall–Kier alpha value is -2.08. The lowest BCUT2D eigenvalue weighted by atomic mass is 9.85. The fourth-order valence-electron chi connectivity index (χ4n) is 3.03. The summed E-state index contributed by atoms with van der Waals surface area (Å²) in [6, 6.07) is 9.81. The van der Waals surface area contributed by atoms with Gasteiger partial charge in [0.25, 0.3) is 0 Å². The van der Waals surface area contributed by atoms with E-state index in [1.165, 1.54) is 0 Å². The summed E-state index contributed by atoms with van der Waals surface area (Å²) in [6.45, 7) is 7.48. The number of rotatable bonds is 7. The maximum absolute atomic E-state index is 12.9. The van der Waals surface area contributed by atoms with Gasteiger partial charge in [0.2, 0.25) is 11.8 Å². The molecular formula is C19H29N3O3. The minimum absolute atomic E-state index is 0.0109. The topological polar surface area (TPSA) is 70.7 Å². The second kappa shape index (κ2) is 8.85. The van der Waals surface area contributed by atoms with Gasteiger partial charge in [-0.3, -0.25) is 9.59 Å². The molecule has 0 spiro atoms. The first kappa shape index (κ1) is 19.2. The number of hydrogen-bond acceptors (Lipinski definition) is 4. The molecule has 1 aliphatic heterocycles. The van der Waals surface area contributed by atoms with E-state index in [2.05, 4.69) is 10.6 Å². The smallest absolute Gasteiger partial charge is 0.248 e. The molecule has 2 rings (SSSR count). The van der Waals surface area contributed by atoms with E-state index < -0.39 is 5.54 Å². The Morgan fingerprint density at radius 2 is 1.84 bits per heavy atom. The monoisotopic (exact) mass is 347 g/mol.